The van der Waals surface area contributed by atoms with Crippen LogP contribution in [0.15, 0.2) is 18.7 Å². The highest BCUT2D eigenvalue weighted by molar-refractivity contribution is 5.64. The Morgan fingerprint density at radius 3 is 2.04 bits per heavy atom. The molecule has 0 radical (unpaired) electrons. The predicted molar refractivity (Wildman–Crippen MR) is 96.1 cm³/mol. The molecule has 0 aliphatic heterocycles. The molecule has 0 saturated carbocycles. The predicted octanol–water partition coefficient (Wildman–Crippen LogP) is -0.828. The van der Waals surface area contributed by atoms with Gasteiger partial charge in [0.1, 0.15) is 18.9 Å². The van der Waals surface area contributed by atoms with Crippen LogP contribution in [0, 0.1) is 0 Å². The molecule has 0 bridgehead atoms. The first-order valence-corrected chi connectivity index (χ1v) is 9.10. The Balaban J connectivity index is 0.000000533. The van der Waals surface area contributed by atoms with E-state index >= 15 is 0 Å². The van der Waals surface area contributed by atoms with Crippen LogP contribution in [-0.4, -0.2) is 77.1 Å². The van der Waals surface area contributed by atoms with E-state index in [4.69, 9.17) is 23.7 Å². The van der Waals surface area contributed by atoms with Crippen LogP contribution in [0.1, 0.15) is 13.3 Å². The molecule has 0 aliphatic rings. The number of carboxylic acid groups (broad SMARTS) is 1. The molecule has 0 saturated heterocycles. The zero-order valence-electron chi connectivity index (χ0n) is 16.8. The number of carbonyl (C=O) groups excluding carboxylic acids is 1. The lowest BCUT2D eigenvalue weighted by Crippen LogP contribution is -2.24. The number of carbonyl (C=O) groups is 1. The SMILES string of the molecule is CCOCCn1cc[n+](C)c1.COCCOCCOCCOCCC(=O)[O-]. The molecule has 0 aromatic carbocycles. The summed E-state index contributed by atoms with van der Waals surface area (Å²) in [6.07, 6.45) is 6.02. The van der Waals surface area contributed by atoms with Crippen LogP contribution in [0.3, 0.4) is 0 Å². The minimum absolute atomic E-state index is 0.0832. The minimum atomic E-state index is -1.10. The summed E-state index contributed by atoms with van der Waals surface area (Å²) in [6, 6.07) is 0. The van der Waals surface area contributed by atoms with E-state index in [1.54, 1.807) is 7.11 Å². The summed E-state index contributed by atoms with van der Waals surface area (Å²) in [4.78, 5) is 10.0. The lowest BCUT2D eigenvalue weighted by atomic mass is 10.5. The summed E-state index contributed by atoms with van der Waals surface area (Å²) >= 11 is 0. The number of carboxylic acids is 1. The smallest absolute Gasteiger partial charge is 0.243 e. The Bertz CT molecular complexity index is 455. The molecule has 27 heavy (non-hydrogen) atoms. The topological polar surface area (TPSA) is 95.1 Å². The minimum Gasteiger partial charge on any atom is -0.550 e. The Labute approximate surface area is 161 Å². The van der Waals surface area contributed by atoms with Crippen LogP contribution < -0.4 is 9.67 Å². The highest BCUT2D eigenvalue weighted by Crippen LogP contribution is 1.85. The van der Waals surface area contributed by atoms with Gasteiger partial charge in [-0.25, -0.2) is 9.13 Å². The summed E-state index contributed by atoms with van der Waals surface area (Å²) in [7, 11) is 3.63. The van der Waals surface area contributed by atoms with Gasteiger partial charge in [0.2, 0.25) is 6.33 Å². The van der Waals surface area contributed by atoms with Gasteiger partial charge in [-0.15, -0.1) is 0 Å². The largest absolute Gasteiger partial charge is 0.550 e. The molecule has 158 valence electrons. The number of hydrogen-bond acceptors (Lipinski definition) is 7. The van der Waals surface area contributed by atoms with E-state index in [1.807, 2.05) is 37.3 Å². The molecule has 0 atom stereocenters. The normalized spacial score (nSPS) is 10.5. The summed E-state index contributed by atoms with van der Waals surface area (Å²) in [5.74, 6) is -1.10. The lowest BCUT2D eigenvalue weighted by molar-refractivity contribution is -0.671. The van der Waals surface area contributed by atoms with Gasteiger partial charge >= 0.3 is 0 Å². The maximum atomic E-state index is 10.0. The van der Waals surface area contributed by atoms with Crippen LogP contribution in [0.2, 0.25) is 0 Å². The fourth-order valence-electron chi connectivity index (χ4n) is 1.79. The van der Waals surface area contributed by atoms with Gasteiger partial charge in [-0.3, -0.25) is 0 Å². The van der Waals surface area contributed by atoms with Gasteiger partial charge in [-0.1, -0.05) is 0 Å². The van der Waals surface area contributed by atoms with Crippen molar-refractivity contribution in [1.82, 2.24) is 4.57 Å². The Hall–Kier alpha value is -1.52. The molecule has 0 N–H and O–H groups in total. The van der Waals surface area contributed by atoms with E-state index in [9.17, 15) is 9.90 Å². The molecular formula is C18H34N2O7. The van der Waals surface area contributed by atoms with E-state index in [-0.39, 0.29) is 13.0 Å². The number of methoxy groups -OCH3 is 1. The Morgan fingerprint density at radius 1 is 0.963 bits per heavy atom. The van der Waals surface area contributed by atoms with Crippen molar-refractivity contribution in [1.29, 1.82) is 0 Å². The number of aryl methyl sites for hydroxylation is 1. The first kappa shape index (κ1) is 25.5. The fraction of sp³-hybridized carbons (Fsp3) is 0.778. The summed E-state index contributed by atoms with van der Waals surface area (Å²) in [5.41, 5.74) is 0. The van der Waals surface area contributed by atoms with E-state index in [0.717, 1.165) is 19.8 Å². The number of imidazole rings is 1. The molecule has 1 aromatic heterocycles. The van der Waals surface area contributed by atoms with Gasteiger partial charge in [0.15, 0.2) is 0 Å². The molecule has 0 amide bonds. The molecule has 0 spiro atoms. The monoisotopic (exact) mass is 390 g/mol. The van der Waals surface area contributed by atoms with E-state index in [0.29, 0.717) is 39.6 Å². The molecule has 0 aliphatic carbocycles. The Morgan fingerprint density at radius 2 is 1.56 bits per heavy atom. The molecule has 1 heterocycles. The van der Waals surface area contributed by atoms with Gasteiger partial charge < -0.3 is 33.6 Å². The van der Waals surface area contributed by atoms with Crippen molar-refractivity contribution in [2.45, 2.75) is 19.9 Å². The molecule has 9 nitrogen and oxygen atoms in total. The first-order chi connectivity index (χ1) is 13.1. The number of aromatic nitrogens is 2. The summed E-state index contributed by atoms with van der Waals surface area (Å²) < 4.78 is 29.4. The van der Waals surface area contributed by atoms with Crippen LogP contribution in [0.4, 0.5) is 0 Å². The molecule has 0 unspecified atom stereocenters. The molecular weight excluding hydrogens is 356 g/mol. The lowest BCUT2D eigenvalue weighted by Gasteiger charge is -2.06. The first-order valence-electron chi connectivity index (χ1n) is 9.10. The molecule has 0 fully saturated rings. The number of aliphatic carboxylic acids is 1. The third-order valence-corrected chi connectivity index (χ3v) is 3.15. The zero-order valence-corrected chi connectivity index (χ0v) is 16.8. The third-order valence-electron chi connectivity index (χ3n) is 3.15. The van der Waals surface area contributed by atoms with Gasteiger partial charge in [-0.05, 0) is 6.92 Å². The number of ether oxygens (including phenoxy) is 5. The summed E-state index contributed by atoms with van der Waals surface area (Å²) in [6.45, 7) is 7.66. The molecule has 1 rings (SSSR count). The van der Waals surface area contributed by atoms with Crippen molar-refractivity contribution in [3.05, 3.63) is 18.7 Å². The summed E-state index contributed by atoms with van der Waals surface area (Å²) in [5, 5.41) is 10.0. The van der Waals surface area contributed by atoms with Crippen molar-refractivity contribution in [2.75, 3.05) is 66.6 Å². The van der Waals surface area contributed by atoms with Crippen LogP contribution in [0.5, 0.6) is 0 Å². The van der Waals surface area contributed by atoms with Gasteiger partial charge in [-0.2, -0.15) is 0 Å². The zero-order chi connectivity index (χ0) is 20.2. The van der Waals surface area contributed by atoms with E-state index in [2.05, 4.69) is 4.57 Å². The second-order valence-electron chi connectivity index (χ2n) is 5.47. The van der Waals surface area contributed by atoms with Gasteiger partial charge in [0, 0.05) is 26.1 Å². The highest BCUT2D eigenvalue weighted by atomic mass is 16.6. The van der Waals surface area contributed by atoms with Crippen molar-refractivity contribution in [3.8, 4) is 0 Å². The number of rotatable bonds is 16. The van der Waals surface area contributed by atoms with Crippen molar-refractivity contribution in [3.63, 3.8) is 0 Å². The number of hydrogen-bond donors (Lipinski definition) is 0. The quantitative estimate of drug-likeness (QED) is 0.269. The van der Waals surface area contributed by atoms with Crippen LogP contribution >= 0.6 is 0 Å². The van der Waals surface area contributed by atoms with Crippen molar-refractivity contribution >= 4 is 5.97 Å². The molecule has 9 heteroatoms. The highest BCUT2D eigenvalue weighted by Gasteiger charge is 1.97. The second-order valence-corrected chi connectivity index (χ2v) is 5.47. The van der Waals surface area contributed by atoms with E-state index in [1.165, 1.54) is 0 Å². The van der Waals surface area contributed by atoms with Crippen molar-refractivity contribution < 1.29 is 38.2 Å². The van der Waals surface area contributed by atoms with Crippen molar-refractivity contribution in [2.24, 2.45) is 7.05 Å². The standard InChI is InChI=1S/C10H20O6.C8H15N2O/c1-13-4-5-15-8-9-16-7-6-14-3-2-10(11)12;1-3-11-7-6-10-5-4-9(2)8-10/h2-9H2,1H3,(H,11,12);4-5,8H,3,6-7H2,1-2H3/q;+1/p-1. The third kappa shape index (κ3) is 19.1. The van der Waals surface area contributed by atoms with Gasteiger partial charge in [0.25, 0.3) is 0 Å². The van der Waals surface area contributed by atoms with Gasteiger partial charge in [0.05, 0.1) is 59.9 Å². The second kappa shape index (κ2) is 19.2. The maximum Gasteiger partial charge on any atom is 0.243 e. The average Bonchev–Trinajstić information content (AvgIpc) is 3.05. The van der Waals surface area contributed by atoms with Crippen LogP contribution in [-0.2, 0) is 42.1 Å². The Kier molecular flexibility index (Phi) is 18.2. The maximum absolute atomic E-state index is 10.0. The fourth-order valence-corrected chi connectivity index (χ4v) is 1.79. The molecule has 1 aromatic rings. The van der Waals surface area contributed by atoms with Crippen LogP contribution in [0.25, 0.3) is 0 Å². The van der Waals surface area contributed by atoms with E-state index < -0.39 is 5.97 Å². The number of nitrogens with zero attached hydrogens (tertiary/aromatic N) is 2. The average molecular weight is 390 g/mol.